The van der Waals surface area contributed by atoms with Crippen molar-refractivity contribution in [2.24, 2.45) is 0 Å². The topological polar surface area (TPSA) is 122 Å². The van der Waals surface area contributed by atoms with Crippen molar-refractivity contribution < 1.29 is 32.3 Å². The van der Waals surface area contributed by atoms with Crippen LogP contribution in [0.25, 0.3) is 0 Å². The number of piperidine rings is 1. The molecule has 2 heterocycles. The maximum absolute atomic E-state index is 13.0. The molecule has 0 spiro atoms. The van der Waals surface area contributed by atoms with Crippen LogP contribution in [0.3, 0.4) is 0 Å². The van der Waals surface area contributed by atoms with E-state index < -0.39 is 34.5 Å². The fourth-order valence-corrected chi connectivity index (χ4v) is 5.68. The molecule has 2 aliphatic rings. The highest BCUT2D eigenvalue weighted by Gasteiger charge is 2.40. The van der Waals surface area contributed by atoms with Crippen LogP contribution >= 0.6 is 0 Å². The summed E-state index contributed by atoms with van der Waals surface area (Å²) < 4.78 is 37.2. The Morgan fingerprint density at radius 2 is 1.70 bits per heavy atom. The summed E-state index contributed by atoms with van der Waals surface area (Å²) in [5.74, 6) is -1.18. The van der Waals surface area contributed by atoms with Gasteiger partial charge in [0, 0.05) is 25.7 Å². The Balaban J connectivity index is 1.48. The van der Waals surface area contributed by atoms with E-state index in [0.29, 0.717) is 45.4 Å². The van der Waals surface area contributed by atoms with Crippen molar-refractivity contribution in [1.82, 2.24) is 14.5 Å². The quantitative estimate of drug-likeness (QED) is 0.585. The van der Waals surface area contributed by atoms with Gasteiger partial charge in [-0.25, -0.2) is 13.2 Å². The van der Waals surface area contributed by atoms with Gasteiger partial charge in [0.2, 0.25) is 10.0 Å². The third kappa shape index (κ3) is 6.23. The number of aryl methyl sites for hydroxylation is 1. The zero-order valence-electron chi connectivity index (χ0n) is 19.0. The van der Waals surface area contributed by atoms with Gasteiger partial charge in [-0.1, -0.05) is 17.7 Å². The highest BCUT2D eigenvalue weighted by atomic mass is 32.2. The van der Waals surface area contributed by atoms with Crippen molar-refractivity contribution in [1.29, 1.82) is 0 Å². The van der Waals surface area contributed by atoms with Crippen molar-refractivity contribution in [3.63, 3.8) is 0 Å². The van der Waals surface area contributed by atoms with E-state index in [1.54, 1.807) is 24.0 Å². The molecule has 11 heteroatoms. The lowest BCUT2D eigenvalue weighted by Crippen LogP contribution is -2.48. The SMILES string of the molecule is CCOC(=O)N1CCC(NC(=O)COC(=O)[C@@H]2CCCN2S(=O)(=O)c2ccc(C)cc2)CC1. The third-order valence-corrected chi connectivity index (χ3v) is 7.76. The van der Waals surface area contributed by atoms with Gasteiger partial charge in [0.1, 0.15) is 6.04 Å². The molecule has 0 aliphatic carbocycles. The molecule has 182 valence electrons. The Morgan fingerprint density at radius 1 is 1.03 bits per heavy atom. The molecule has 0 aromatic heterocycles. The lowest BCUT2D eigenvalue weighted by molar-refractivity contribution is -0.151. The molecule has 3 rings (SSSR count). The Hall–Kier alpha value is -2.66. The van der Waals surface area contributed by atoms with Crippen LogP contribution in [0.2, 0.25) is 0 Å². The van der Waals surface area contributed by atoms with Gasteiger partial charge in [0.15, 0.2) is 6.61 Å². The highest BCUT2D eigenvalue weighted by molar-refractivity contribution is 7.89. The Morgan fingerprint density at radius 3 is 2.33 bits per heavy atom. The Kier molecular flexibility index (Phi) is 8.30. The summed E-state index contributed by atoms with van der Waals surface area (Å²) in [4.78, 5) is 38.3. The number of hydrogen-bond acceptors (Lipinski definition) is 7. The summed E-state index contributed by atoms with van der Waals surface area (Å²) in [6.07, 6.45) is 1.67. The molecule has 0 radical (unpaired) electrons. The number of likely N-dealkylation sites (tertiary alicyclic amines) is 1. The minimum absolute atomic E-state index is 0.125. The number of hydrogen-bond donors (Lipinski definition) is 1. The monoisotopic (exact) mass is 481 g/mol. The van der Waals surface area contributed by atoms with Crippen LogP contribution in [0.15, 0.2) is 29.2 Å². The summed E-state index contributed by atoms with van der Waals surface area (Å²) in [6.45, 7) is 4.60. The number of carbonyl (C=O) groups excluding carboxylic acids is 3. The molecule has 0 unspecified atom stereocenters. The molecule has 0 saturated carbocycles. The van der Waals surface area contributed by atoms with Crippen LogP contribution in [0.5, 0.6) is 0 Å². The molecule has 1 aromatic carbocycles. The van der Waals surface area contributed by atoms with Crippen LogP contribution < -0.4 is 5.32 Å². The smallest absolute Gasteiger partial charge is 0.409 e. The average molecular weight is 482 g/mol. The van der Waals surface area contributed by atoms with Crippen LogP contribution in [0.4, 0.5) is 4.79 Å². The van der Waals surface area contributed by atoms with E-state index in [-0.39, 0.29) is 23.6 Å². The zero-order chi connectivity index (χ0) is 24.0. The molecule has 1 aromatic rings. The molecule has 2 aliphatic heterocycles. The molecule has 1 atom stereocenters. The summed E-state index contributed by atoms with van der Waals surface area (Å²) in [6, 6.07) is 5.37. The minimum atomic E-state index is -3.84. The van der Waals surface area contributed by atoms with Gasteiger partial charge < -0.3 is 19.7 Å². The van der Waals surface area contributed by atoms with E-state index in [1.165, 1.54) is 12.1 Å². The lowest BCUT2D eigenvalue weighted by atomic mass is 10.1. The molecule has 2 saturated heterocycles. The number of nitrogens with one attached hydrogen (secondary N) is 1. The maximum atomic E-state index is 13.0. The van der Waals surface area contributed by atoms with Gasteiger partial charge in [-0.2, -0.15) is 4.31 Å². The fraction of sp³-hybridized carbons (Fsp3) is 0.591. The average Bonchev–Trinajstić information content (AvgIpc) is 3.29. The summed E-state index contributed by atoms with van der Waals surface area (Å²) in [5, 5.41) is 2.80. The van der Waals surface area contributed by atoms with Crippen LogP contribution in [0, 0.1) is 6.92 Å². The number of carbonyl (C=O) groups is 3. The largest absolute Gasteiger partial charge is 0.454 e. The Bertz CT molecular complexity index is 957. The molecule has 33 heavy (non-hydrogen) atoms. The number of nitrogens with zero attached hydrogens (tertiary/aromatic N) is 2. The first kappa shape index (κ1) is 25.0. The fourth-order valence-electron chi connectivity index (χ4n) is 4.03. The van der Waals surface area contributed by atoms with E-state index in [2.05, 4.69) is 5.32 Å². The number of ether oxygens (including phenoxy) is 2. The maximum Gasteiger partial charge on any atom is 0.409 e. The van der Waals surface area contributed by atoms with Gasteiger partial charge in [-0.05, 0) is 51.7 Å². The number of benzene rings is 1. The number of esters is 1. The predicted octanol–water partition coefficient (Wildman–Crippen LogP) is 1.43. The second-order valence-electron chi connectivity index (χ2n) is 8.22. The number of amides is 2. The summed E-state index contributed by atoms with van der Waals surface area (Å²) in [7, 11) is -3.84. The van der Waals surface area contributed by atoms with E-state index >= 15 is 0 Å². The number of rotatable bonds is 7. The van der Waals surface area contributed by atoms with Gasteiger partial charge in [0.25, 0.3) is 5.91 Å². The van der Waals surface area contributed by atoms with Crippen molar-refractivity contribution in [2.45, 2.75) is 56.5 Å². The highest BCUT2D eigenvalue weighted by Crippen LogP contribution is 2.27. The predicted molar refractivity (Wildman–Crippen MR) is 119 cm³/mol. The molecule has 1 N–H and O–H groups in total. The van der Waals surface area contributed by atoms with E-state index in [0.717, 1.165) is 9.87 Å². The summed E-state index contributed by atoms with van der Waals surface area (Å²) in [5.41, 5.74) is 0.934. The van der Waals surface area contributed by atoms with Crippen molar-refractivity contribution >= 4 is 28.0 Å². The van der Waals surface area contributed by atoms with Crippen molar-refractivity contribution in [3.05, 3.63) is 29.8 Å². The van der Waals surface area contributed by atoms with Crippen molar-refractivity contribution in [3.8, 4) is 0 Å². The summed E-state index contributed by atoms with van der Waals surface area (Å²) >= 11 is 0. The minimum Gasteiger partial charge on any atom is -0.454 e. The second-order valence-corrected chi connectivity index (χ2v) is 10.1. The zero-order valence-corrected chi connectivity index (χ0v) is 19.8. The normalized spacial score (nSPS) is 19.8. The lowest BCUT2D eigenvalue weighted by Gasteiger charge is -2.31. The second kappa shape index (κ2) is 11.0. The van der Waals surface area contributed by atoms with Crippen LogP contribution in [0.1, 0.15) is 38.2 Å². The van der Waals surface area contributed by atoms with E-state index in [4.69, 9.17) is 9.47 Å². The first-order valence-corrected chi connectivity index (χ1v) is 12.6. The van der Waals surface area contributed by atoms with Gasteiger partial charge in [-0.3, -0.25) is 9.59 Å². The number of sulfonamides is 1. The first-order valence-electron chi connectivity index (χ1n) is 11.2. The van der Waals surface area contributed by atoms with Gasteiger partial charge in [0.05, 0.1) is 11.5 Å². The molecule has 10 nitrogen and oxygen atoms in total. The molecule has 2 fully saturated rings. The van der Waals surface area contributed by atoms with Gasteiger partial charge >= 0.3 is 12.1 Å². The van der Waals surface area contributed by atoms with E-state index in [1.807, 2.05) is 6.92 Å². The van der Waals surface area contributed by atoms with Gasteiger partial charge in [-0.15, -0.1) is 0 Å². The van der Waals surface area contributed by atoms with Crippen LogP contribution in [-0.2, 0) is 29.1 Å². The third-order valence-electron chi connectivity index (χ3n) is 5.83. The van der Waals surface area contributed by atoms with Crippen LogP contribution in [-0.4, -0.2) is 80.5 Å². The molecular weight excluding hydrogens is 450 g/mol. The molecule has 2 amide bonds. The molecular formula is C22H31N3O7S. The standard InChI is InChI=1S/C22H31N3O7S/c1-3-31-22(28)24-13-10-17(11-14-24)23-20(26)15-32-21(27)19-5-4-12-25(19)33(29,30)18-8-6-16(2)7-9-18/h6-9,17,19H,3-5,10-15H2,1-2H3,(H,23,26)/t19-/m0/s1. The first-order chi connectivity index (χ1) is 15.7. The Labute approximate surface area is 194 Å². The van der Waals surface area contributed by atoms with Crippen molar-refractivity contribution in [2.75, 3.05) is 32.8 Å². The molecule has 0 bridgehead atoms. The van der Waals surface area contributed by atoms with E-state index in [9.17, 15) is 22.8 Å².